The van der Waals surface area contributed by atoms with E-state index in [1.54, 1.807) is 71.9 Å². The van der Waals surface area contributed by atoms with Gasteiger partial charge >= 0.3 is 30.2 Å². The zero-order valence-electron chi connectivity index (χ0n) is 37.0. The normalized spacial score (nSPS) is 31.8. The molecule has 1 saturated heterocycles. The summed E-state index contributed by atoms with van der Waals surface area (Å²) in [4.78, 5) is 87.6. The maximum atomic E-state index is 15.7. The van der Waals surface area contributed by atoms with E-state index in [-0.39, 0.29) is 35.4 Å². The number of carbonyl (C=O) groups excluding carboxylic acids is 6. The Hall–Kier alpha value is -5.43. The van der Waals surface area contributed by atoms with Gasteiger partial charge in [0.05, 0.1) is 36.3 Å². The average molecular weight is 881 g/mol. The average Bonchev–Trinajstić information content (AvgIpc) is 3.22. The fraction of sp³-hybridized carbons (Fsp3) is 0.578. The molecule has 0 radical (unpaired) electrons. The van der Waals surface area contributed by atoms with E-state index in [4.69, 9.17) is 37.9 Å². The predicted molar refractivity (Wildman–Crippen MR) is 217 cm³/mol. The van der Waals surface area contributed by atoms with Crippen molar-refractivity contribution in [3.8, 4) is 0 Å². The van der Waals surface area contributed by atoms with Crippen LogP contribution in [0.3, 0.4) is 0 Å². The lowest BCUT2D eigenvalue weighted by Gasteiger charge is -2.67. The molecule has 0 unspecified atom stereocenters. The molecule has 63 heavy (non-hydrogen) atoms. The third-order valence-electron chi connectivity index (χ3n) is 13.0. The molecule has 3 N–H and O–H groups in total. The number of ether oxygens (including phenoxy) is 8. The van der Waals surface area contributed by atoms with Crippen molar-refractivity contribution in [3.05, 3.63) is 77.1 Å². The number of hydrogen-bond donors (Lipinski definition) is 3. The van der Waals surface area contributed by atoms with Gasteiger partial charge in [-0.3, -0.25) is 14.6 Å². The highest BCUT2D eigenvalue weighted by Crippen LogP contribution is 2.65. The molecule has 6 rings (SSSR count). The minimum Gasteiger partial charge on any atom is -0.456 e. The number of carbonyl (C=O) groups is 6. The van der Waals surface area contributed by atoms with Gasteiger partial charge in [0.25, 0.3) is 0 Å². The fourth-order valence-corrected chi connectivity index (χ4v) is 9.93. The van der Waals surface area contributed by atoms with Crippen LogP contribution >= 0.6 is 0 Å². The van der Waals surface area contributed by atoms with Gasteiger partial charge in [-0.15, -0.1) is 0 Å². The van der Waals surface area contributed by atoms with Crippen LogP contribution in [-0.2, 0) is 52.3 Å². The van der Waals surface area contributed by atoms with Crippen LogP contribution in [-0.4, -0.2) is 125 Å². The topological polar surface area (TPSA) is 242 Å². The summed E-state index contributed by atoms with van der Waals surface area (Å²) >= 11 is 0. The maximum absolute atomic E-state index is 15.7. The lowest BCUT2D eigenvalue weighted by Crippen LogP contribution is -2.82. The molecule has 2 heterocycles. The van der Waals surface area contributed by atoms with Gasteiger partial charge < -0.3 is 53.4 Å². The molecule has 2 aromatic rings. The summed E-state index contributed by atoms with van der Waals surface area (Å²) in [7, 11) is 2.35. The summed E-state index contributed by atoms with van der Waals surface area (Å²) in [5, 5.41) is 27.9. The number of amides is 1. The summed E-state index contributed by atoms with van der Waals surface area (Å²) in [6.45, 7) is 12.0. The van der Waals surface area contributed by atoms with Crippen molar-refractivity contribution in [1.82, 2.24) is 10.3 Å². The summed E-state index contributed by atoms with van der Waals surface area (Å²) in [5.74, 6) is -5.22. The molecule has 2 saturated carbocycles. The second-order valence-corrected chi connectivity index (χ2v) is 18.2. The van der Waals surface area contributed by atoms with Crippen LogP contribution < -0.4 is 5.32 Å². The van der Waals surface area contributed by atoms with E-state index in [1.807, 2.05) is 0 Å². The molecular formula is C45H56N2O16. The second-order valence-electron chi connectivity index (χ2n) is 18.2. The van der Waals surface area contributed by atoms with E-state index < -0.39 is 119 Å². The van der Waals surface area contributed by atoms with Gasteiger partial charge in [-0.25, -0.2) is 19.2 Å². The zero-order valence-corrected chi connectivity index (χ0v) is 37.0. The first-order chi connectivity index (χ1) is 29.5. The minimum absolute atomic E-state index is 0.0665. The van der Waals surface area contributed by atoms with Gasteiger partial charge in [0, 0.05) is 38.5 Å². The van der Waals surface area contributed by atoms with Gasteiger partial charge in [0.15, 0.2) is 17.5 Å². The number of Topliss-reactive ketones (excluding diaryl/α,β-unsaturated/α-hetero) is 1. The molecule has 18 heteroatoms. The molecule has 1 aromatic carbocycles. The van der Waals surface area contributed by atoms with E-state index in [9.17, 15) is 34.2 Å². The van der Waals surface area contributed by atoms with E-state index in [1.165, 1.54) is 38.4 Å². The van der Waals surface area contributed by atoms with Crippen molar-refractivity contribution in [1.29, 1.82) is 0 Å². The number of nitrogens with one attached hydrogen (secondary N) is 1. The Balaban J connectivity index is 1.55. The van der Waals surface area contributed by atoms with Crippen molar-refractivity contribution in [2.24, 2.45) is 16.7 Å². The Kier molecular flexibility index (Phi) is 12.9. The van der Waals surface area contributed by atoms with Gasteiger partial charge in [-0.05, 0) is 70.0 Å². The van der Waals surface area contributed by atoms with E-state index in [2.05, 4.69) is 10.3 Å². The number of hydrogen-bond acceptors (Lipinski definition) is 17. The van der Waals surface area contributed by atoms with Crippen LogP contribution in [0, 0.1) is 16.7 Å². The highest BCUT2D eigenvalue weighted by molar-refractivity contribution is 5.94. The van der Waals surface area contributed by atoms with Crippen LogP contribution in [0.1, 0.15) is 90.3 Å². The fourth-order valence-electron chi connectivity index (χ4n) is 9.93. The number of methoxy groups -OCH3 is 2. The number of nitrogens with zero attached hydrogens (tertiary/aromatic N) is 1. The third kappa shape index (κ3) is 8.29. The highest BCUT2D eigenvalue weighted by atomic mass is 16.7. The van der Waals surface area contributed by atoms with Crippen LogP contribution in [0.5, 0.6) is 0 Å². The monoisotopic (exact) mass is 880 g/mol. The molecule has 0 spiro atoms. The van der Waals surface area contributed by atoms with E-state index in [0.717, 1.165) is 14.0 Å². The molecule has 1 aliphatic heterocycles. The first-order valence-corrected chi connectivity index (χ1v) is 20.6. The molecule has 3 aliphatic carbocycles. The summed E-state index contributed by atoms with van der Waals surface area (Å²) in [6.07, 6.45) is -10.8. The Morgan fingerprint density at radius 3 is 2.19 bits per heavy atom. The predicted octanol–water partition coefficient (Wildman–Crippen LogP) is 4.10. The molecular weight excluding hydrogens is 824 g/mol. The molecule has 4 aliphatic rings. The first-order valence-electron chi connectivity index (χ1n) is 20.6. The third-order valence-corrected chi connectivity index (χ3v) is 13.0. The Morgan fingerprint density at radius 2 is 1.63 bits per heavy atom. The largest absolute Gasteiger partial charge is 0.508 e. The van der Waals surface area contributed by atoms with Crippen molar-refractivity contribution in [3.63, 3.8) is 0 Å². The Bertz CT molecular complexity index is 2140. The molecule has 18 nitrogen and oxygen atoms in total. The molecule has 11 atom stereocenters. The standard InChI is InChI=1S/C45H56N2O16/c1-23-27(59-38(52)32(49)31(26-18-14-15-19-46-26)47-39(53)63-41(3,4)5)21-45(55)36(61-37(51)25-16-12-11-13-17-25)34-43(8,35(50)33(56-9)30(23)42(45,6)7)28(60-40(54)57-10)20-29-44(34,22-58-29)62-24(2)48/h11-19,27-29,31-34,36,49,55H,20-22H2,1-10H3,(H,47,53)/t27-,28-,29+,31-,32+,33+,34-,36-,43+,44-,45+/m0/s1. The number of alkyl carbamates (subject to hydrolysis) is 1. The molecule has 3 fully saturated rings. The van der Waals surface area contributed by atoms with E-state index >= 15 is 4.79 Å². The van der Waals surface area contributed by atoms with Crippen molar-refractivity contribution >= 4 is 35.9 Å². The van der Waals surface area contributed by atoms with Gasteiger partial charge in [-0.1, -0.05) is 38.1 Å². The molecule has 342 valence electrons. The number of esters is 3. The number of benzene rings is 1. The van der Waals surface area contributed by atoms with Gasteiger partial charge in [0.2, 0.25) is 0 Å². The number of fused-ring (bicyclic) bond motifs is 5. The lowest BCUT2D eigenvalue weighted by atomic mass is 9.44. The summed E-state index contributed by atoms with van der Waals surface area (Å²) in [5.41, 5.74) is -8.10. The summed E-state index contributed by atoms with van der Waals surface area (Å²) in [6, 6.07) is 11.0. The minimum atomic E-state index is -2.36. The SMILES string of the molecule is COC(=O)O[C@H]1C[C@H]2OC[C@@]2(OC(C)=O)[C@H]2[C@H](OC(=O)c3ccccc3)[C@]3(O)C[C@H](OC(=O)[C@H](O)[C@@H](NC(=O)OC(C)(C)C)c4ccccn4)C(C)=C([C@@H](OC)C(=O)[C@]12C)C3(C)C. The van der Waals surface area contributed by atoms with Crippen molar-refractivity contribution in [2.75, 3.05) is 20.8 Å². The number of ketones is 1. The number of aliphatic hydroxyl groups excluding tert-OH is 1. The number of rotatable bonds is 10. The highest BCUT2D eigenvalue weighted by Gasteiger charge is 2.79. The van der Waals surface area contributed by atoms with Crippen LogP contribution in [0.15, 0.2) is 65.9 Å². The first kappa shape index (κ1) is 47.1. The maximum Gasteiger partial charge on any atom is 0.508 e. The summed E-state index contributed by atoms with van der Waals surface area (Å²) < 4.78 is 46.8. The number of aliphatic hydroxyl groups is 2. The smallest absolute Gasteiger partial charge is 0.456 e. The van der Waals surface area contributed by atoms with Crippen LogP contribution in [0.2, 0.25) is 0 Å². The van der Waals surface area contributed by atoms with Gasteiger partial charge in [0.1, 0.15) is 47.8 Å². The number of pyridine rings is 1. The quantitative estimate of drug-likeness (QED) is 0.173. The molecule has 2 bridgehead atoms. The lowest BCUT2D eigenvalue weighted by molar-refractivity contribution is -0.346. The number of aromatic nitrogens is 1. The zero-order chi connectivity index (χ0) is 46.4. The van der Waals surface area contributed by atoms with Crippen LogP contribution in [0.4, 0.5) is 9.59 Å². The van der Waals surface area contributed by atoms with Crippen molar-refractivity contribution < 1.29 is 76.9 Å². The second kappa shape index (κ2) is 17.3. The Labute approximate surface area is 364 Å². The van der Waals surface area contributed by atoms with Crippen molar-refractivity contribution in [2.45, 2.75) is 128 Å². The molecule has 1 aromatic heterocycles. The van der Waals surface area contributed by atoms with E-state index in [0.29, 0.717) is 0 Å². The molecule has 1 amide bonds. The Morgan fingerprint density at radius 1 is 0.968 bits per heavy atom. The van der Waals surface area contributed by atoms with Gasteiger partial charge in [-0.2, -0.15) is 0 Å². The van der Waals surface area contributed by atoms with Crippen LogP contribution in [0.25, 0.3) is 0 Å².